The molecule has 0 aliphatic heterocycles. The second-order valence-electron chi connectivity index (χ2n) is 3.88. The molecule has 0 aliphatic rings. The van der Waals surface area contributed by atoms with E-state index in [-0.39, 0.29) is 0 Å². The molecule has 1 heterocycles. The van der Waals surface area contributed by atoms with Gasteiger partial charge in [-0.15, -0.1) is 0 Å². The Kier molecular flexibility index (Phi) is 3.89. The van der Waals surface area contributed by atoms with Crippen LogP contribution in [0.15, 0.2) is 41.0 Å². The second-order valence-corrected chi connectivity index (χ2v) is 3.88. The summed E-state index contributed by atoms with van der Waals surface area (Å²) in [5.74, 6) is 1.89. The van der Waals surface area contributed by atoms with E-state index in [4.69, 9.17) is 13.9 Å². The maximum Gasteiger partial charge on any atom is 0.166 e. The van der Waals surface area contributed by atoms with Crippen LogP contribution in [0.25, 0.3) is 0 Å². The second kappa shape index (κ2) is 5.60. The molecule has 2 rings (SSSR count). The normalized spacial score (nSPS) is 12.2. The summed E-state index contributed by atoms with van der Waals surface area (Å²) in [5, 5.41) is 10.2. The highest BCUT2D eigenvalue weighted by Gasteiger charge is 2.18. The fourth-order valence-corrected chi connectivity index (χ4v) is 1.90. The van der Waals surface area contributed by atoms with E-state index in [0.717, 1.165) is 5.76 Å². The molecular weight excluding hydrogens is 232 g/mol. The lowest BCUT2D eigenvalue weighted by Gasteiger charge is -2.16. The summed E-state index contributed by atoms with van der Waals surface area (Å²) in [7, 11) is 3.13. The van der Waals surface area contributed by atoms with Crippen LogP contribution < -0.4 is 9.47 Å². The molecule has 1 aromatic carbocycles. The lowest BCUT2D eigenvalue weighted by atomic mass is 10.0. The number of aliphatic hydroxyl groups is 1. The van der Waals surface area contributed by atoms with Crippen LogP contribution in [0.2, 0.25) is 0 Å². The highest BCUT2D eigenvalue weighted by molar-refractivity contribution is 5.47. The zero-order valence-corrected chi connectivity index (χ0v) is 10.4. The molecule has 1 atom stereocenters. The minimum atomic E-state index is -0.693. The van der Waals surface area contributed by atoms with Gasteiger partial charge in [-0.2, -0.15) is 0 Å². The Morgan fingerprint density at radius 1 is 1.17 bits per heavy atom. The van der Waals surface area contributed by atoms with Crippen molar-refractivity contribution in [3.05, 3.63) is 47.9 Å². The molecule has 1 aromatic heterocycles. The predicted octanol–water partition coefficient (Wildman–Crippen LogP) is 2.57. The Morgan fingerprint density at radius 3 is 2.61 bits per heavy atom. The number of furan rings is 1. The molecule has 0 aliphatic carbocycles. The van der Waals surface area contributed by atoms with E-state index in [9.17, 15) is 5.11 Å². The quantitative estimate of drug-likeness (QED) is 0.883. The number of para-hydroxylation sites is 1. The molecule has 4 heteroatoms. The van der Waals surface area contributed by atoms with Crippen LogP contribution in [0.1, 0.15) is 17.4 Å². The Bertz CT molecular complexity index is 491. The molecule has 0 saturated heterocycles. The summed E-state index contributed by atoms with van der Waals surface area (Å²) < 4.78 is 15.7. The van der Waals surface area contributed by atoms with Crippen LogP contribution in [-0.4, -0.2) is 19.3 Å². The Morgan fingerprint density at radius 2 is 2.00 bits per heavy atom. The fourth-order valence-electron chi connectivity index (χ4n) is 1.90. The maximum atomic E-state index is 10.2. The molecule has 0 spiro atoms. The molecule has 1 unspecified atom stereocenters. The molecule has 0 bridgehead atoms. The maximum absolute atomic E-state index is 10.2. The van der Waals surface area contributed by atoms with Gasteiger partial charge in [-0.3, -0.25) is 0 Å². The van der Waals surface area contributed by atoms with E-state index in [1.54, 1.807) is 32.6 Å². The first-order chi connectivity index (χ1) is 8.76. The Balaban J connectivity index is 2.26. The first kappa shape index (κ1) is 12.5. The van der Waals surface area contributed by atoms with Gasteiger partial charge in [0.25, 0.3) is 0 Å². The summed E-state index contributed by atoms with van der Waals surface area (Å²) in [5.41, 5.74) is 0.688. The van der Waals surface area contributed by atoms with Crippen molar-refractivity contribution < 1.29 is 19.0 Å². The SMILES string of the molecule is COc1cccc(C(O)Cc2ccco2)c1OC. The van der Waals surface area contributed by atoms with Crippen molar-refractivity contribution in [3.63, 3.8) is 0 Å². The first-order valence-electron chi connectivity index (χ1n) is 5.67. The van der Waals surface area contributed by atoms with Gasteiger partial charge in [-0.25, -0.2) is 0 Å². The summed E-state index contributed by atoms with van der Waals surface area (Å²) >= 11 is 0. The molecule has 96 valence electrons. The van der Waals surface area contributed by atoms with Crippen LogP contribution in [-0.2, 0) is 6.42 Å². The number of rotatable bonds is 5. The largest absolute Gasteiger partial charge is 0.493 e. The lowest BCUT2D eigenvalue weighted by molar-refractivity contribution is 0.165. The van der Waals surface area contributed by atoms with E-state index in [0.29, 0.717) is 23.5 Å². The van der Waals surface area contributed by atoms with Crippen LogP contribution >= 0.6 is 0 Å². The van der Waals surface area contributed by atoms with Crippen molar-refractivity contribution >= 4 is 0 Å². The lowest BCUT2D eigenvalue weighted by Crippen LogP contribution is -2.04. The Labute approximate surface area is 106 Å². The van der Waals surface area contributed by atoms with Gasteiger partial charge in [0.1, 0.15) is 5.76 Å². The van der Waals surface area contributed by atoms with Crippen molar-refractivity contribution in [1.29, 1.82) is 0 Å². The van der Waals surface area contributed by atoms with Gasteiger partial charge in [-0.1, -0.05) is 12.1 Å². The molecule has 0 radical (unpaired) electrons. The summed E-state index contributed by atoms with van der Waals surface area (Å²) in [4.78, 5) is 0. The molecule has 2 aromatic rings. The zero-order valence-electron chi connectivity index (χ0n) is 10.4. The minimum absolute atomic E-state index is 0.399. The topological polar surface area (TPSA) is 51.8 Å². The highest BCUT2D eigenvalue weighted by Crippen LogP contribution is 2.35. The zero-order chi connectivity index (χ0) is 13.0. The number of methoxy groups -OCH3 is 2. The highest BCUT2D eigenvalue weighted by atomic mass is 16.5. The third-order valence-corrected chi connectivity index (χ3v) is 2.77. The molecule has 0 saturated carbocycles. The summed E-state index contributed by atoms with van der Waals surface area (Å²) in [6.07, 6.45) is 1.29. The van der Waals surface area contributed by atoms with Crippen LogP contribution in [0.3, 0.4) is 0 Å². The average Bonchev–Trinajstić information content (AvgIpc) is 2.90. The Hall–Kier alpha value is -1.94. The van der Waals surface area contributed by atoms with E-state index >= 15 is 0 Å². The minimum Gasteiger partial charge on any atom is -0.493 e. The van der Waals surface area contributed by atoms with Gasteiger partial charge < -0.3 is 19.0 Å². The molecule has 18 heavy (non-hydrogen) atoms. The predicted molar refractivity (Wildman–Crippen MR) is 66.9 cm³/mol. The van der Waals surface area contributed by atoms with Gasteiger partial charge in [0.2, 0.25) is 0 Å². The van der Waals surface area contributed by atoms with Crippen LogP contribution in [0.5, 0.6) is 11.5 Å². The van der Waals surface area contributed by atoms with Crippen molar-refractivity contribution in [2.45, 2.75) is 12.5 Å². The molecule has 0 amide bonds. The first-order valence-corrected chi connectivity index (χ1v) is 5.67. The van der Waals surface area contributed by atoms with Gasteiger partial charge in [0.05, 0.1) is 26.6 Å². The van der Waals surface area contributed by atoms with Gasteiger partial charge in [-0.05, 0) is 18.2 Å². The molecule has 4 nitrogen and oxygen atoms in total. The van der Waals surface area contributed by atoms with Crippen molar-refractivity contribution in [3.8, 4) is 11.5 Å². The number of hydrogen-bond acceptors (Lipinski definition) is 4. The smallest absolute Gasteiger partial charge is 0.166 e. The average molecular weight is 248 g/mol. The van der Waals surface area contributed by atoms with E-state index in [1.165, 1.54) is 0 Å². The monoisotopic (exact) mass is 248 g/mol. The number of ether oxygens (including phenoxy) is 2. The standard InChI is InChI=1S/C14H16O4/c1-16-13-7-3-6-11(14(13)17-2)12(15)9-10-5-4-8-18-10/h3-8,12,15H,9H2,1-2H3. The number of hydrogen-bond donors (Lipinski definition) is 1. The summed E-state index contributed by atoms with van der Waals surface area (Å²) in [6, 6.07) is 9.06. The van der Waals surface area contributed by atoms with Crippen molar-refractivity contribution in [2.75, 3.05) is 14.2 Å². The van der Waals surface area contributed by atoms with Gasteiger partial charge in [0, 0.05) is 12.0 Å². The van der Waals surface area contributed by atoms with Gasteiger partial charge >= 0.3 is 0 Å². The van der Waals surface area contributed by atoms with E-state index in [2.05, 4.69) is 0 Å². The van der Waals surface area contributed by atoms with Crippen molar-refractivity contribution in [2.24, 2.45) is 0 Å². The number of benzene rings is 1. The fraction of sp³-hybridized carbons (Fsp3) is 0.286. The number of aliphatic hydroxyl groups excluding tert-OH is 1. The third-order valence-electron chi connectivity index (χ3n) is 2.77. The molecule has 0 fully saturated rings. The van der Waals surface area contributed by atoms with E-state index < -0.39 is 6.10 Å². The van der Waals surface area contributed by atoms with Crippen molar-refractivity contribution in [1.82, 2.24) is 0 Å². The van der Waals surface area contributed by atoms with Crippen LogP contribution in [0, 0.1) is 0 Å². The third kappa shape index (κ3) is 2.49. The molecule has 1 N–H and O–H groups in total. The van der Waals surface area contributed by atoms with Crippen LogP contribution in [0.4, 0.5) is 0 Å². The van der Waals surface area contributed by atoms with Gasteiger partial charge in [0.15, 0.2) is 11.5 Å². The van der Waals surface area contributed by atoms with E-state index in [1.807, 2.05) is 18.2 Å². The molecular formula is C14H16O4. The summed E-state index contributed by atoms with van der Waals surface area (Å²) in [6.45, 7) is 0.